The highest BCUT2D eigenvalue weighted by molar-refractivity contribution is 6.22. The van der Waals surface area contributed by atoms with Gasteiger partial charge < -0.3 is 15.2 Å². The van der Waals surface area contributed by atoms with Gasteiger partial charge in [-0.15, -0.1) is 0 Å². The van der Waals surface area contributed by atoms with Gasteiger partial charge in [-0.1, -0.05) is 6.07 Å². The molecule has 1 atom stereocenters. The molecule has 29 heavy (non-hydrogen) atoms. The second kappa shape index (κ2) is 8.19. The van der Waals surface area contributed by atoms with E-state index in [2.05, 4.69) is 0 Å². The summed E-state index contributed by atoms with van der Waals surface area (Å²) in [5.74, 6) is -0.991. The summed E-state index contributed by atoms with van der Waals surface area (Å²) in [6.45, 7) is 2.17. The standard InChI is InChI=1S/C20H21N3O6/c1-3-29-17-8-11(4-7-16(17)28-2)15(10-18(24)22-27)23-19(25)13-6-5-12(21)9-14(13)20(23)26/h4-9,15,27H,3,10,21H2,1-2H3,(H,22,24). The fourth-order valence-corrected chi connectivity index (χ4v) is 3.31. The molecule has 0 aromatic heterocycles. The monoisotopic (exact) mass is 399 g/mol. The van der Waals surface area contributed by atoms with Gasteiger partial charge in [-0.25, -0.2) is 5.48 Å². The fraction of sp³-hybridized carbons (Fsp3) is 0.250. The summed E-state index contributed by atoms with van der Waals surface area (Å²) in [6.07, 6.45) is -0.338. The minimum atomic E-state index is -0.971. The molecule has 9 nitrogen and oxygen atoms in total. The number of hydrogen-bond donors (Lipinski definition) is 3. The van der Waals surface area contributed by atoms with E-state index in [9.17, 15) is 14.4 Å². The van der Waals surface area contributed by atoms with Crippen molar-refractivity contribution in [2.45, 2.75) is 19.4 Å². The van der Waals surface area contributed by atoms with Crippen LogP contribution in [0.3, 0.4) is 0 Å². The zero-order valence-electron chi connectivity index (χ0n) is 16.0. The Labute approximate surface area is 167 Å². The first-order valence-electron chi connectivity index (χ1n) is 8.92. The van der Waals surface area contributed by atoms with Crippen molar-refractivity contribution < 1.29 is 29.1 Å². The predicted octanol–water partition coefficient (Wildman–Crippen LogP) is 1.91. The molecule has 1 heterocycles. The largest absolute Gasteiger partial charge is 0.493 e. The third kappa shape index (κ3) is 3.72. The number of imide groups is 1. The van der Waals surface area contributed by atoms with Crippen LogP contribution in [0.2, 0.25) is 0 Å². The van der Waals surface area contributed by atoms with Crippen molar-refractivity contribution >= 4 is 23.4 Å². The number of anilines is 1. The van der Waals surface area contributed by atoms with Gasteiger partial charge in [0.15, 0.2) is 11.5 Å². The van der Waals surface area contributed by atoms with E-state index >= 15 is 0 Å². The molecule has 1 aliphatic heterocycles. The molecule has 0 spiro atoms. The maximum atomic E-state index is 13.0. The number of ether oxygens (including phenoxy) is 2. The van der Waals surface area contributed by atoms with Gasteiger partial charge in [0.2, 0.25) is 5.91 Å². The third-order valence-corrected chi connectivity index (χ3v) is 4.63. The van der Waals surface area contributed by atoms with Crippen LogP contribution in [0.25, 0.3) is 0 Å². The van der Waals surface area contributed by atoms with E-state index in [1.807, 2.05) is 0 Å². The van der Waals surface area contributed by atoms with Crippen LogP contribution in [0.5, 0.6) is 11.5 Å². The SMILES string of the molecule is CCOc1cc(C(CC(=O)NO)N2C(=O)c3ccc(N)cc3C2=O)ccc1OC. The summed E-state index contributed by atoms with van der Waals surface area (Å²) in [5, 5.41) is 8.99. The smallest absolute Gasteiger partial charge is 0.262 e. The van der Waals surface area contributed by atoms with Gasteiger partial charge >= 0.3 is 0 Å². The molecule has 0 radical (unpaired) electrons. The molecule has 2 aromatic rings. The third-order valence-electron chi connectivity index (χ3n) is 4.63. The van der Waals surface area contributed by atoms with E-state index in [4.69, 9.17) is 20.4 Å². The maximum absolute atomic E-state index is 13.0. The summed E-state index contributed by atoms with van der Waals surface area (Å²) in [4.78, 5) is 38.9. The van der Waals surface area contributed by atoms with E-state index in [-0.39, 0.29) is 17.5 Å². The zero-order chi connectivity index (χ0) is 21.1. The Balaban J connectivity index is 2.07. The summed E-state index contributed by atoms with van der Waals surface area (Å²) in [6, 6.07) is 8.33. The first kappa shape index (κ1) is 20.2. The molecule has 0 bridgehead atoms. The second-order valence-corrected chi connectivity index (χ2v) is 6.38. The van der Waals surface area contributed by atoms with Crippen molar-refractivity contribution in [3.05, 3.63) is 53.1 Å². The molecule has 3 amide bonds. The highest BCUT2D eigenvalue weighted by atomic mass is 16.5. The number of hydroxylamine groups is 1. The maximum Gasteiger partial charge on any atom is 0.262 e. The van der Waals surface area contributed by atoms with E-state index in [0.29, 0.717) is 29.4 Å². The molecule has 9 heteroatoms. The summed E-state index contributed by atoms with van der Waals surface area (Å²) < 4.78 is 10.8. The van der Waals surface area contributed by atoms with Crippen molar-refractivity contribution in [3.8, 4) is 11.5 Å². The Hall–Kier alpha value is -3.59. The van der Waals surface area contributed by atoms with Crippen LogP contribution in [0.4, 0.5) is 5.69 Å². The molecular formula is C20H21N3O6. The second-order valence-electron chi connectivity index (χ2n) is 6.38. The Bertz CT molecular complexity index is 975. The van der Waals surface area contributed by atoms with Crippen LogP contribution in [0, 0.1) is 0 Å². The average Bonchev–Trinajstić information content (AvgIpc) is 2.96. The molecule has 1 unspecified atom stereocenters. The molecule has 3 rings (SSSR count). The summed E-state index contributed by atoms with van der Waals surface area (Å²) in [5.41, 5.74) is 8.49. The molecule has 2 aromatic carbocycles. The number of fused-ring (bicyclic) bond motifs is 1. The summed E-state index contributed by atoms with van der Waals surface area (Å²) in [7, 11) is 1.49. The van der Waals surface area contributed by atoms with Gasteiger partial charge in [0, 0.05) is 5.69 Å². The van der Waals surface area contributed by atoms with Gasteiger partial charge in [0.05, 0.1) is 37.3 Å². The zero-order valence-corrected chi connectivity index (χ0v) is 16.0. The number of benzene rings is 2. The van der Waals surface area contributed by atoms with Crippen molar-refractivity contribution in [1.29, 1.82) is 0 Å². The first-order valence-corrected chi connectivity index (χ1v) is 8.92. The molecule has 0 saturated carbocycles. The normalized spacial score (nSPS) is 13.8. The molecule has 0 saturated heterocycles. The topological polar surface area (TPSA) is 131 Å². The van der Waals surface area contributed by atoms with Crippen LogP contribution < -0.4 is 20.7 Å². The number of nitrogen functional groups attached to an aromatic ring is 1. The fourth-order valence-electron chi connectivity index (χ4n) is 3.31. The predicted molar refractivity (Wildman–Crippen MR) is 103 cm³/mol. The Morgan fingerprint density at radius 1 is 1.14 bits per heavy atom. The molecular weight excluding hydrogens is 378 g/mol. The lowest BCUT2D eigenvalue weighted by Gasteiger charge is -2.26. The van der Waals surface area contributed by atoms with Crippen LogP contribution in [-0.2, 0) is 4.79 Å². The van der Waals surface area contributed by atoms with Crippen molar-refractivity contribution in [3.63, 3.8) is 0 Å². The molecule has 4 N–H and O–H groups in total. The van der Waals surface area contributed by atoms with Gasteiger partial charge in [-0.3, -0.25) is 24.5 Å². The Kier molecular flexibility index (Phi) is 5.69. The number of hydrogen-bond acceptors (Lipinski definition) is 7. The van der Waals surface area contributed by atoms with Crippen molar-refractivity contribution in [2.24, 2.45) is 0 Å². The molecule has 0 fully saturated rings. The molecule has 152 valence electrons. The number of carbonyl (C=O) groups is 3. The number of rotatable bonds is 7. The number of methoxy groups -OCH3 is 1. The van der Waals surface area contributed by atoms with Crippen molar-refractivity contribution in [2.75, 3.05) is 19.5 Å². The number of carbonyl (C=O) groups excluding carboxylic acids is 3. The molecule has 0 aliphatic carbocycles. The molecule has 1 aliphatic rings. The lowest BCUT2D eigenvalue weighted by atomic mass is 10.0. The average molecular weight is 399 g/mol. The van der Waals surface area contributed by atoms with Crippen LogP contribution in [0.1, 0.15) is 45.7 Å². The van der Waals surface area contributed by atoms with E-state index in [1.165, 1.54) is 25.3 Å². The highest BCUT2D eigenvalue weighted by Crippen LogP contribution is 2.37. The number of nitrogens with one attached hydrogen (secondary N) is 1. The first-order chi connectivity index (χ1) is 13.9. The van der Waals surface area contributed by atoms with E-state index < -0.39 is 23.8 Å². The lowest BCUT2D eigenvalue weighted by molar-refractivity contribution is -0.130. The van der Waals surface area contributed by atoms with Gasteiger partial charge in [-0.2, -0.15) is 0 Å². The van der Waals surface area contributed by atoms with Gasteiger partial charge in [-0.05, 0) is 42.8 Å². The van der Waals surface area contributed by atoms with E-state index in [0.717, 1.165) is 4.90 Å². The van der Waals surface area contributed by atoms with Crippen LogP contribution in [-0.4, -0.2) is 41.5 Å². The summed E-state index contributed by atoms with van der Waals surface area (Å²) >= 11 is 0. The quantitative estimate of drug-likeness (QED) is 0.280. The minimum Gasteiger partial charge on any atom is -0.493 e. The van der Waals surface area contributed by atoms with Gasteiger partial charge in [0.25, 0.3) is 11.8 Å². The van der Waals surface area contributed by atoms with Crippen molar-refractivity contribution in [1.82, 2.24) is 10.4 Å². The lowest BCUT2D eigenvalue weighted by Crippen LogP contribution is -2.37. The van der Waals surface area contributed by atoms with Crippen LogP contribution >= 0.6 is 0 Å². The van der Waals surface area contributed by atoms with E-state index in [1.54, 1.807) is 30.6 Å². The van der Waals surface area contributed by atoms with Gasteiger partial charge in [0.1, 0.15) is 0 Å². The Morgan fingerprint density at radius 2 is 1.86 bits per heavy atom. The number of nitrogens with two attached hydrogens (primary N) is 1. The number of amides is 3. The van der Waals surface area contributed by atoms with Crippen LogP contribution in [0.15, 0.2) is 36.4 Å². The minimum absolute atomic E-state index is 0.169. The highest BCUT2D eigenvalue weighted by Gasteiger charge is 2.41. The Morgan fingerprint density at radius 3 is 2.52 bits per heavy atom. The number of nitrogens with zero attached hydrogens (tertiary/aromatic N) is 1.